The monoisotopic (exact) mass is 341 g/mol. The Morgan fingerprint density at radius 3 is 2.35 bits per heavy atom. The summed E-state index contributed by atoms with van der Waals surface area (Å²) in [7, 11) is 3.36. The second-order valence-corrected chi connectivity index (χ2v) is 6.49. The highest BCUT2D eigenvalue weighted by molar-refractivity contribution is 9.10. The molecule has 0 saturated heterocycles. The first-order valence-electron chi connectivity index (χ1n) is 7.21. The van der Waals surface area contributed by atoms with Crippen molar-refractivity contribution in [1.29, 1.82) is 0 Å². The lowest BCUT2D eigenvalue weighted by molar-refractivity contribution is 0.294. The van der Waals surface area contributed by atoms with Gasteiger partial charge in [-0.05, 0) is 37.0 Å². The Bertz CT molecular complexity index is 482. The topological polar surface area (TPSA) is 44.5 Å². The van der Waals surface area contributed by atoms with Gasteiger partial charge in [-0.15, -0.1) is 0 Å². The van der Waals surface area contributed by atoms with E-state index < -0.39 is 0 Å². The number of nitrogens with two attached hydrogens (primary N) is 1. The van der Waals surface area contributed by atoms with Crippen molar-refractivity contribution in [3.05, 3.63) is 21.7 Å². The molecule has 0 radical (unpaired) electrons. The van der Waals surface area contributed by atoms with Crippen molar-refractivity contribution in [3.8, 4) is 11.5 Å². The molecule has 0 amide bonds. The van der Waals surface area contributed by atoms with Crippen molar-refractivity contribution >= 4 is 15.9 Å². The van der Waals surface area contributed by atoms with Crippen LogP contribution in [0.3, 0.4) is 0 Å². The van der Waals surface area contributed by atoms with Gasteiger partial charge in [-0.25, -0.2) is 0 Å². The summed E-state index contributed by atoms with van der Waals surface area (Å²) in [6.07, 6.45) is 6.11. The van der Waals surface area contributed by atoms with Crippen LogP contribution in [-0.4, -0.2) is 20.8 Å². The molecule has 0 bridgehead atoms. The quantitative estimate of drug-likeness (QED) is 0.902. The minimum atomic E-state index is 0.0702. The SMILES string of the molecule is COc1cc(Br)c(C2(CN)CCCCC2)c(C)c1OC. The van der Waals surface area contributed by atoms with Crippen LogP contribution in [0.15, 0.2) is 10.5 Å². The summed E-state index contributed by atoms with van der Waals surface area (Å²) < 4.78 is 12.1. The van der Waals surface area contributed by atoms with Crippen molar-refractivity contribution in [2.75, 3.05) is 20.8 Å². The minimum Gasteiger partial charge on any atom is -0.493 e. The van der Waals surface area contributed by atoms with Gasteiger partial charge in [0.05, 0.1) is 14.2 Å². The molecule has 0 atom stereocenters. The third kappa shape index (κ3) is 2.56. The molecule has 20 heavy (non-hydrogen) atoms. The van der Waals surface area contributed by atoms with E-state index in [1.54, 1.807) is 14.2 Å². The van der Waals surface area contributed by atoms with E-state index in [-0.39, 0.29) is 5.41 Å². The Kier molecular flexibility index (Phi) is 4.97. The van der Waals surface area contributed by atoms with Gasteiger partial charge < -0.3 is 15.2 Å². The lowest BCUT2D eigenvalue weighted by Crippen LogP contribution is -2.38. The third-order valence-electron chi connectivity index (χ3n) is 4.59. The maximum atomic E-state index is 6.18. The van der Waals surface area contributed by atoms with E-state index in [0.717, 1.165) is 34.4 Å². The molecular weight excluding hydrogens is 318 g/mol. The first-order valence-corrected chi connectivity index (χ1v) is 8.00. The van der Waals surface area contributed by atoms with Crippen LogP contribution in [0.4, 0.5) is 0 Å². The fourth-order valence-corrected chi connectivity index (χ4v) is 4.50. The molecule has 0 aliphatic heterocycles. The molecule has 112 valence electrons. The Morgan fingerprint density at radius 2 is 1.85 bits per heavy atom. The lowest BCUT2D eigenvalue weighted by atomic mass is 9.68. The zero-order valence-corrected chi connectivity index (χ0v) is 14.2. The van der Waals surface area contributed by atoms with Crippen molar-refractivity contribution in [2.24, 2.45) is 5.73 Å². The van der Waals surface area contributed by atoms with Gasteiger partial charge in [0.15, 0.2) is 11.5 Å². The molecule has 0 heterocycles. The van der Waals surface area contributed by atoms with E-state index >= 15 is 0 Å². The summed E-state index contributed by atoms with van der Waals surface area (Å²) in [5.41, 5.74) is 8.69. The number of rotatable bonds is 4. The van der Waals surface area contributed by atoms with Gasteiger partial charge in [0.25, 0.3) is 0 Å². The van der Waals surface area contributed by atoms with Crippen LogP contribution in [0.2, 0.25) is 0 Å². The Hall–Kier alpha value is -0.740. The molecule has 1 aliphatic carbocycles. The van der Waals surface area contributed by atoms with Gasteiger partial charge in [0.1, 0.15) is 0 Å². The van der Waals surface area contributed by atoms with Crippen LogP contribution in [0.25, 0.3) is 0 Å². The van der Waals surface area contributed by atoms with Gasteiger partial charge in [-0.3, -0.25) is 0 Å². The predicted octanol–water partition coefficient (Wildman–Crippen LogP) is 3.94. The van der Waals surface area contributed by atoms with Crippen LogP contribution in [0, 0.1) is 6.92 Å². The number of benzene rings is 1. The summed E-state index contributed by atoms with van der Waals surface area (Å²) in [6.45, 7) is 2.79. The maximum Gasteiger partial charge on any atom is 0.163 e. The molecule has 1 aliphatic rings. The Balaban J connectivity index is 2.60. The number of methoxy groups -OCH3 is 2. The van der Waals surface area contributed by atoms with E-state index in [0.29, 0.717) is 6.54 Å². The normalized spacial score (nSPS) is 17.9. The highest BCUT2D eigenvalue weighted by atomic mass is 79.9. The highest BCUT2D eigenvalue weighted by Gasteiger charge is 2.36. The first kappa shape index (κ1) is 15.6. The predicted molar refractivity (Wildman–Crippen MR) is 85.8 cm³/mol. The third-order valence-corrected chi connectivity index (χ3v) is 5.22. The molecule has 0 aromatic heterocycles. The molecule has 4 heteroatoms. The van der Waals surface area contributed by atoms with Crippen molar-refractivity contribution < 1.29 is 9.47 Å². The average molecular weight is 342 g/mol. The molecule has 0 unspecified atom stereocenters. The van der Waals surface area contributed by atoms with E-state index in [4.69, 9.17) is 15.2 Å². The van der Waals surface area contributed by atoms with Crippen molar-refractivity contribution in [1.82, 2.24) is 0 Å². The molecule has 1 fully saturated rings. The van der Waals surface area contributed by atoms with Crippen molar-refractivity contribution in [2.45, 2.75) is 44.4 Å². The number of hydrogen-bond acceptors (Lipinski definition) is 3. The second-order valence-electron chi connectivity index (χ2n) is 5.64. The van der Waals surface area contributed by atoms with E-state index in [2.05, 4.69) is 22.9 Å². The molecule has 2 N–H and O–H groups in total. The smallest absolute Gasteiger partial charge is 0.163 e. The highest BCUT2D eigenvalue weighted by Crippen LogP contribution is 2.48. The van der Waals surface area contributed by atoms with Crippen LogP contribution in [0.5, 0.6) is 11.5 Å². The molecule has 1 aromatic carbocycles. The van der Waals surface area contributed by atoms with E-state index in [1.807, 2.05) is 6.07 Å². The Morgan fingerprint density at radius 1 is 1.20 bits per heavy atom. The fraction of sp³-hybridized carbons (Fsp3) is 0.625. The number of halogens is 1. The minimum absolute atomic E-state index is 0.0702. The van der Waals surface area contributed by atoms with Crippen LogP contribution in [0.1, 0.15) is 43.2 Å². The molecule has 3 nitrogen and oxygen atoms in total. The summed E-state index contributed by atoms with van der Waals surface area (Å²) >= 11 is 3.72. The van der Waals surface area contributed by atoms with Crippen molar-refractivity contribution in [3.63, 3.8) is 0 Å². The number of hydrogen-bond donors (Lipinski definition) is 1. The first-order chi connectivity index (χ1) is 9.59. The molecule has 1 aromatic rings. The zero-order valence-electron chi connectivity index (χ0n) is 12.6. The standard InChI is InChI=1S/C16H24BrNO2/c1-11-14(16(10-18)7-5-4-6-8-16)12(17)9-13(19-2)15(11)20-3/h9H,4-8,10,18H2,1-3H3. The second kappa shape index (κ2) is 6.35. The Labute approximate surface area is 130 Å². The van der Waals surface area contributed by atoms with Crippen LogP contribution >= 0.6 is 15.9 Å². The van der Waals surface area contributed by atoms with Gasteiger partial charge >= 0.3 is 0 Å². The summed E-state index contributed by atoms with van der Waals surface area (Å²) in [4.78, 5) is 0. The maximum absolute atomic E-state index is 6.18. The molecule has 0 spiro atoms. The van der Waals surface area contributed by atoms with Gasteiger partial charge in [0, 0.05) is 16.4 Å². The molecule has 1 saturated carbocycles. The van der Waals surface area contributed by atoms with E-state index in [9.17, 15) is 0 Å². The summed E-state index contributed by atoms with van der Waals surface area (Å²) in [5, 5.41) is 0. The summed E-state index contributed by atoms with van der Waals surface area (Å²) in [5.74, 6) is 1.59. The van der Waals surface area contributed by atoms with Gasteiger partial charge in [0.2, 0.25) is 0 Å². The van der Waals surface area contributed by atoms with Gasteiger partial charge in [-0.2, -0.15) is 0 Å². The largest absolute Gasteiger partial charge is 0.493 e. The summed E-state index contributed by atoms with van der Waals surface area (Å²) in [6, 6.07) is 2.01. The number of ether oxygens (including phenoxy) is 2. The zero-order chi connectivity index (χ0) is 14.8. The lowest BCUT2D eigenvalue weighted by Gasteiger charge is -2.39. The van der Waals surface area contributed by atoms with Crippen LogP contribution in [-0.2, 0) is 5.41 Å². The van der Waals surface area contributed by atoms with Crippen LogP contribution < -0.4 is 15.2 Å². The average Bonchev–Trinajstić information content (AvgIpc) is 2.47. The fourth-order valence-electron chi connectivity index (χ4n) is 3.57. The molecule has 2 rings (SSSR count). The van der Waals surface area contributed by atoms with E-state index in [1.165, 1.54) is 24.8 Å². The van der Waals surface area contributed by atoms with Gasteiger partial charge in [-0.1, -0.05) is 35.2 Å². The molecular formula is C16H24BrNO2.